The molecule has 3 aromatic rings. The lowest BCUT2D eigenvalue weighted by Crippen LogP contribution is -2.21. The first-order chi connectivity index (χ1) is 11.8. The van der Waals surface area contributed by atoms with E-state index in [0.29, 0.717) is 21.6 Å². The maximum absolute atomic E-state index is 12.2. The highest BCUT2D eigenvalue weighted by Crippen LogP contribution is 2.30. The summed E-state index contributed by atoms with van der Waals surface area (Å²) in [5, 5.41) is 10.8. The number of ether oxygens (including phenoxy) is 1. The van der Waals surface area contributed by atoms with E-state index < -0.39 is 12.5 Å². The molecular weight excluding hydrogens is 361 g/mol. The SMILES string of the molecule is O=C(O)NCc1nc(-c2ccc(OC(F)(F)F)cc2)c2ncsc2n1. The standard InChI is InChI=1S/C14H9F3N4O3S/c15-14(16,17)24-8-3-1-7(2-4-8)10-11-12(25-6-19-11)21-9(20-10)5-18-13(22)23/h1-4,6,18H,5H2,(H,22,23). The van der Waals surface area contributed by atoms with Crippen molar-refractivity contribution in [3.8, 4) is 17.0 Å². The van der Waals surface area contributed by atoms with Crippen molar-refractivity contribution in [2.75, 3.05) is 0 Å². The highest BCUT2D eigenvalue weighted by atomic mass is 32.1. The van der Waals surface area contributed by atoms with Gasteiger partial charge in [-0.2, -0.15) is 0 Å². The van der Waals surface area contributed by atoms with Gasteiger partial charge >= 0.3 is 12.5 Å². The van der Waals surface area contributed by atoms with Gasteiger partial charge in [-0.05, 0) is 24.3 Å². The van der Waals surface area contributed by atoms with E-state index >= 15 is 0 Å². The number of aromatic nitrogens is 3. The maximum Gasteiger partial charge on any atom is 0.573 e. The number of rotatable bonds is 4. The summed E-state index contributed by atoms with van der Waals surface area (Å²) < 4.78 is 40.5. The maximum atomic E-state index is 12.2. The highest BCUT2D eigenvalue weighted by molar-refractivity contribution is 7.16. The third-order valence-electron chi connectivity index (χ3n) is 3.00. The van der Waals surface area contributed by atoms with E-state index in [0.717, 1.165) is 12.1 Å². The molecule has 0 fully saturated rings. The van der Waals surface area contributed by atoms with Gasteiger partial charge in [0.15, 0.2) is 0 Å². The lowest BCUT2D eigenvalue weighted by atomic mass is 10.1. The molecule has 2 N–H and O–H groups in total. The fourth-order valence-corrected chi connectivity index (χ4v) is 2.73. The molecule has 7 nitrogen and oxygen atoms in total. The molecule has 11 heteroatoms. The number of alkyl halides is 3. The molecule has 25 heavy (non-hydrogen) atoms. The predicted octanol–water partition coefficient (Wildman–Crippen LogP) is 3.42. The van der Waals surface area contributed by atoms with Crippen LogP contribution in [-0.2, 0) is 6.54 Å². The van der Waals surface area contributed by atoms with E-state index in [-0.39, 0.29) is 18.1 Å². The van der Waals surface area contributed by atoms with Gasteiger partial charge in [0.25, 0.3) is 0 Å². The van der Waals surface area contributed by atoms with Gasteiger partial charge in [-0.25, -0.2) is 19.7 Å². The van der Waals surface area contributed by atoms with Gasteiger partial charge in [-0.1, -0.05) is 0 Å². The Morgan fingerprint density at radius 2 is 1.96 bits per heavy atom. The van der Waals surface area contributed by atoms with E-state index in [2.05, 4.69) is 25.0 Å². The Morgan fingerprint density at radius 1 is 1.24 bits per heavy atom. The summed E-state index contributed by atoms with van der Waals surface area (Å²) >= 11 is 1.24. The van der Waals surface area contributed by atoms with Gasteiger partial charge in [0, 0.05) is 5.56 Å². The summed E-state index contributed by atoms with van der Waals surface area (Å²) in [5.41, 5.74) is 2.93. The van der Waals surface area contributed by atoms with E-state index in [1.54, 1.807) is 5.51 Å². The molecule has 2 heterocycles. The van der Waals surface area contributed by atoms with Crippen LogP contribution in [-0.4, -0.2) is 32.5 Å². The molecule has 130 valence electrons. The van der Waals surface area contributed by atoms with Crippen LogP contribution in [0.2, 0.25) is 0 Å². The Bertz CT molecular complexity index is 912. The fourth-order valence-electron chi connectivity index (χ4n) is 2.06. The number of thiazole rings is 1. The number of fused-ring (bicyclic) bond motifs is 1. The number of hydrogen-bond donors (Lipinski definition) is 2. The van der Waals surface area contributed by atoms with Crippen molar-refractivity contribution in [2.24, 2.45) is 0 Å². The Balaban J connectivity index is 1.96. The first kappa shape index (κ1) is 16.9. The monoisotopic (exact) mass is 370 g/mol. The Labute approximate surface area is 142 Å². The third-order valence-corrected chi connectivity index (χ3v) is 3.72. The van der Waals surface area contributed by atoms with Crippen molar-refractivity contribution >= 4 is 27.8 Å². The molecule has 0 saturated heterocycles. The molecule has 0 radical (unpaired) electrons. The summed E-state index contributed by atoms with van der Waals surface area (Å²) in [7, 11) is 0. The van der Waals surface area contributed by atoms with Crippen LogP contribution in [0.25, 0.3) is 21.6 Å². The van der Waals surface area contributed by atoms with Gasteiger partial charge in [-0.3, -0.25) is 0 Å². The second-order valence-corrected chi connectivity index (χ2v) is 5.56. The molecule has 0 aliphatic heterocycles. The average Bonchev–Trinajstić information content (AvgIpc) is 3.00. The lowest BCUT2D eigenvalue weighted by Gasteiger charge is -2.10. The Morgan fingerprint density at radius 3 is 2.60 bits per heavy atom. The zero-order valence-electron chi connectivity index (χ0n) is 12.2. The molecule has 2 aromatic heterocycles. The fraction of sp³-hybridized carbons (Fsp3) is 0.143. The van der Waals surface area contributed by atoms with Gasteiger partial charge < -0.3 is 15.2 Å². The molecule has 1 aromatic carbocycles. The number of nitrogens with one attached hydrogen (secondary N) is 1. The van der Waals surface area contributed by atoms with Crippen LogP contribution in [0.3, 0.4) is 0 Å². The first-order valence-corrected chi connectivity index (χ1v) is 7.63. The van der Waals surface area contributed by atoms with Crippen molar-refractivity contribution in [1.82, 2.24) is 20.3 Å². The van der Waals surface area contributed by atoms with E-state index in [9.17, 15) is 18.0 Å². The van der Waals surface area contributed by atoms with Crippen LogP contribution in [0.5, 0.6) is 5.75 Å². The van der Waals surface area contributed by atoms with Gasteiger partial charge in [-0.15, -0.1) is 24.5 Å². The number of amides is 1. The van der Waals surface area contributed by atoms with Crippen molar-refractivity contribution < 1.29 is 27.8 Å². The molecule has 0 aliphatic carbocycles. The van der Waals surface area contributed by atoms with Gasteiger partial charge in [0.1, 0.15) is 27.6 Å². The Kier molecular flexibility index (Phi) is 4.40. The smallest absolute Gasteiger partial charge is 0.465 e. The van der Waals surface area contributed by atoms with Crippen LogP contribution in [0.1, 0.15) is 5.82 Å². The van der Waals surface area contributed by atoms with Crippen molar-refractivity contribution in [3.63, 3.8) is 0 Å². The number of halogens is 3. The predicted molar refractivity (Wildman–Crippen MR) is 82.2 cm³/mol. The second kappa shape index (κ2) is 6.51. The molecule has 0 unspecified atom stereocenters. The van der Waals surface area contributed by atoms with Crippen LogP contribution in [0.4, 0.5) is 18.0 Å². The van der Waals surface area contributed by atoms with Crippen molar-refractivity contribution in [2.45, 2.75) is 12.9 Å². The summed E-state index contributed by atoms with van der Waals surface area (Å²) in [5.74, 6) is -0.127. The van der Waals surface area contributed by atoms with Gasteiger partial charge in [0.2, 0.25) is 0 Å². The molecule has 0 atom stereocenters. The normalized spacial score (nSPS) is 11.5. The molecule has 3 rings (SSSR count). The summed E-state index contributed by atoms with van der Waals surface area (Å²) in [4.78, 5) is 23.8. The van der Waals surface area contributed by atoms with E-state index in [4.69, 9.17) is 5.11 Å². The molecular formula is C14H9F3N4O3S. The average molecular weight is 370 g/mol. The molecule has 0 bridgehead atoms. The number of carboxylic acid groups (broad SMARTS) is 1. The van der Waals surface area contributed by atoms with Crippen molar-refractivity contribution in [1.29, 1.82) is 0 Å². The molecule has 1 amide bonds. The topological polar surface area (TPSA) is 97.2 Å². The number of benzene rings is 1. The second-order valence-electron chi connectivity index (χ2n) is 4.73. The summed E-state index contributed by atoms with van der Waals surface area (Å²) in [6, 6.07) is 5.16. The Hall–Kier alpha value is -2.95. The third kappa shape index (κ3) is 4.12. The first-order valence-electron chi connectivity index (χ1n) is 6.75. The van der Waals surface area contributed by atoms with E-state index in [1.165, 1.54) is 23.5 Å². The number of nitrogens with zero attached hydrogens (tertiary/aromatic N) is 3. The molecule has 0 saturated carbocycles. The zero-order chi connectivity index (χ0) is 18.0. The largest absolute Gasteiger partial charge is 0.573 e. The molecule has 0 aliphatic rings. The summed E-state index contributed by atoms with van der Waals surface area (Å²) in [6.07, 6.45) is -5.99. The number of hydrogen-bond acceptors (Lipinski definition) is 6. The minimum absolute atomic E-state index is 0.106. The minimum atomic E-state index is -4.77. The van der Waals surface area contributed by atoms with Crippen LogP contribution >= 0.6 is 11.3 Å². The molecule has 0 spiro atoms. The van der Waals surface area contributed by atoms with E-state index in [1.807, 2.05) is 0 Å². The highest BCUT2D eigenvalue weighted by Gasteiger charge is 2.31. The zero-order valence-corrected chi connectivity index (χ0v) is 13.1. The van der Waals surface area contributed by atoms with Crippen LogP contribution < -0.4 is 10.1 Å². The summed E-state index contributed by atoms with van der Waals surface area (Å²) in [6.45, 7) is -0.106. The lowest BCUT2D eigenvalue weighted by molar-refractivity contribution is -0.274. The minimum Gasteiger partial charge on any atom is -0.465 e. The quantitative estimate of drug-likeness (QED) is 0.730. The van der Waals surface area contributed by atoms with Crippen molar-refractivity contribution in [3.05, 3.63) is 35.6 Å². The van der Waals surface area contributed by atoms with Gasteiger partial charge in [0.05, 0.1) is 12.1 Å². The van der Waals surface area contributed by atoms with Crippen LogP contribution in [0, 0.1) is 0 Å². The van der Waals surface area contributed by atoms with Crippen LogP contribution in [0.15, 0.2) is 29.8 Å². The number of carbonyl (C=O) groups is 1.